The summed E-state index contributed by atoms with van der Waals surface area (Å²) in [4.78, 5) is 2.21. The lowest BCUT2D eigenvalue weighted by Crippen LogP contribution is -2.48. The van der Waals surface area contributed by atoms with E-state index in [1.165, 1.54) is 6.42 Å². The summed E-state index contributed by atoms with van der Waals surface area (Å²) >= 11 is 0. The molecule has 1 aliphatic rings. The molecule has 1 heterocycles. The SMILES string of the molecule is CC1COCC(CCN(C)C)N1. The van der Waals surface area contributed by atoms with Crippen LogP contribution in [0.25, 0.3) is 0 Å². The average Bonchev–Trinajstić information content (AvgIpc) is 2.01. The normalized spacial score (nSPS) is 31.0. The van der Waals surface area contributed by atoms with Crippen molar-refractivity contribution >= 4 is 0 Å². The molecule has 0 saturated carbocycles. The van der Waals surface area contributed by atoms with Gasteiger partial charge in [-0.2, -0.15) is 0 Å². The third kappa shape index (κ3) is 3.52. The van der Waals surface area contributed by atoms with Crippen molar-refractivity contribution in [3.8, 4) is 0 Å². The first-order valence-corrected chi connectivity index (χ1v) is 4.67. The lowest BCUT2D eigenvalue weighted by molar-refractivity contribution is 0.0462. The molecule has 3 heteroatoms. The van der Waals surface area contributed by atoms with Gasteiger partial charge in [0.05, 0.1) is 13.2 Å². The van der Waals surface area contributed by atoms with E-state index in [2.05, 4.69) is 31.2 Å². The van der Waals surface area contributed by atoms with E-state index >= 15 is 0 Å². The Labute approximate surface area is 75.1 Å². The molecule has 2 atom stereocenters. The van der Waals surface area contributed by atoms with E-state index in [0.29, 0.717) is 12.1 Å². The molecule has 3 nitrogen and oxygen atoms in total. The van der Waals surface area contributed by atoms with Crippen molar-refractivity contribution in [3.05, 3.63) is 0 Å². The van der Waals surface area contributed by atoms with Crippen LogP contribution in [0.15, 0.2) is 0 Å². The van der Waals surface area contributed by atoms with Crippen molar-refractivity contribution in [2.45, 2.75) is 25.4 Å². The molecule has 0 aromatic rings. The summed E-state index contributed by atoms with van der Waals surface area (Å²) in [6.45, 7) is 5.03. The molecule has 2 unspecified atom stereocenters. The molecule has 1 rings (SSSR count). The summed E-state index contributed by atoms with van der Waals surface area (Å²) < 4.78 is 5.45. The molecule has 0 radical (unpaired) electrons. The van der Waals surface area contributed by atoms with Crippen LogP contribution in [0.2, 0.25) is 0 Å². The molecule has 72 valence electrons. The van der Waals surface area contributed by atoms with E-state index < -0.39 is 0 Å². The first-order valence-electron chi connectivity index (χ1n) is 4.67. The highest BCUT2D eigenvalue weighted by Gasteiger charge is 2.17. The lowest BCUT2D eigenvalue weighted by atomic mass is 10.1. The van der Waals surface area contributed by atoms with Crippen molar-refractivity contribution < 1.29 is 4.74 Å². The Kier molecular flexibility index (Phi) is 3.98. The van der Waals surface area contributed by atoms with Crippen LogP contribution in [0.1, 0.15) is 13.3 Å². The van der Waals surface area contributed by atoms with E-state index in [4.69, 9.17) is 4.74 Å². The third-order valence-corrected chi connectivity index (χ3v) is 2.13. The molecular formula is C9H20N2O. The highest BCUT2D eigenvalue weighted by atomic mass is 16.5. The highest BCUT2D eigenvalue weighted by molar-refractivity contribution is 4.75. The minimum Gasteiger partial charge on any atom is -0.378 e. The van der Waals surface area contributed by atoms with Crippen molar-refractivity contribution in [2.75, 3.05) is 33.9 Å². The van der Waals surface area contributed by atoms with Crippen LogP contribution < -0.4 is 5.32 Å². The minimum atomic E-state index is 0.519. The van der Waals surface area contributed by atoms with Gasteiger partial charge in [-0.15, -0.1) is 0 Å². The van der Waals surface area contributed by atoms with E-state index in [1.54, 1.807) is 0 Å². The maximum Gasteiger partial charge on any atom is 0.0620 e. The molecule has 1 saturated heterocycles. The monoisotopic (exact) mass is 172 g/mol. The molecule has 0 spiro atoms. The average molecular weight is 172 g/mol. The van der Waals surface area contributed by atoms with Crippen LogP contribution in [0.5, 0.6) is 0 Å². The maximum atomic E-state index is 5.45. The summed E-state index contributed by atoms with van der Waals surface area (Å²) in [7, 11) is 4.21. The van der Waals surface area contributed by atoms with Crippen LogP contribution >= 0.6 is 0 Å². The summed E-state index contributed by atoms with van der Waals surface area (Å²) in [5.41, 5.74) is 0. The minimum absolute atomic E-state index is 0.519. The predicted octanol–water partition coefficient (Wildman–Crippen LogP) is 0.315. The van der Waals surface area contributed by atoms with Gasteiger partial charge in [-0.1, -0.05) is 0 Å². The Hall–Kier alpha value is -0.120. The van der Waals surface area contributed by atoms with Gasteiger partial charge >= 0.3 is 0 Å². The number of nitrogens with zero attached hydrogens (tertiary/aromatic N) is 1. The number of hydrogen-bond donors (Lipinski definition) is 1. The summed E-state index contributed by atoms with van der Waals surface area (Å²) in [5, 5.41) is 3.52. The Bertz CT molecular complexity index is 128. The van der Waals surface area contributed by atoms with Crippen LogP contribution in [0.4, 0.5) is 0 Å². The van der Waals surface area contributed by atoms with E-state index in [0.717, 1.165) is 19.8 Å². The molecular weight excluding hydrogens is 152 g/mol. The zero-order chi connectivity index (χ0) is 8.97. The van der Waals surface area contributed by atoms with Gasteiger partial charge in [0.25, 0.3) is 0 Å². The quantitative estimate of drug-likeness (QED) is 0.663. The predicted molar refractivity (Wildman–Crippen MR) is 50.4 cm³/mol. The Morgan fingerprint density at radius 3 is 2.75 bits per heavy atom. The smallest absolute Gasteiger partial charge is 0.0620 e. The van der Waals surface area contributed by atoms with Crippen molar-refractivity contribution in [1.82, 2.24) is 10.2 Å². The standard InChI is InChI=1S/C9H20N2O/c1-8-6-12-7-9(10-8)4-5-11(2)3/h8-10H,4-7H2,1-3H3. The molecule has 12 heavy (non-hydrogen) atoms. The van der Waals surface area contributed by atoms with Crippen molar-refractivity contribution in [1.29, 1.82) is 0 Å². The summed E-state index contributed by atoms with van der Waals surface area (Å²) in [6.07, 6.45) is 1.18. The van der Waals surface area contributed by atoms with Gasteiger partial charge in [0.2, 0.25) is 0 Å². The van der Waals surface area contributed by atoms with Gasteiger partial charge in [-0.05, 0) is 34.0 Å². The molecule has 0 aliphatic carbocycles. The van der Waals surface area contributed by atoms with E-state index in [1.807, 2.05) is 0 Å². The zero-order valence-electron chi connectivity index (χ0n) is 8.34. The Morgan fingerprint density at radius 2 is 2.17 bits per heavy atom. The molecule has 0 aromatic heterocycles. The second kappa shape index (κ2) is 4.80. The first-order chi connectivity index (χ1) is 5.68. The Morgan fingerprint density at radius 1 is 1.42 bits per heavy atom. The topological polar surface area (TPSA) is 24.5 Å². The van der Waals surface area contributed by atoms with Crippen molar-refractivity contribution in [2.24, 2.45) is 0 Å². The number of morpholine rings is 1. The second-order valence-electron chi connectivity index (χ2n) is 3.89. The molecule has 0 bridgehead atoms. The largest absolute Gasteiger partial charge is 0.378 e. The summed E-state index contributed by atoms with van der Waals surface area (Å²) in [5.74, 6) is 0. The molecule has 0 amide bonds. The lowest BCUT2D eigenvalue weighted by Gasteiger charge is -2.29. The van der Waals surface area contributed by atoms with Gasteiger partial charge < -0.3 is 15.0 Å². The molecule has 1 N–H and O–H groups in total. The van der Waals surface area contributed by atoms with Crippen LogP contribution in [0, 0.1) is 0 Å². The number of ether oxygens (including phenoxy) is 1. The maximum absolute atomic E-state index is 5.45. The summed E-state index contributed by atoms with van der Waals surface area (Å²) in [6, 6.07) is 1.07. The Balaban J connectivity index is 2.14. The van der Waals surface area contributed by atoms with Crippen LogP contribution in [-0.2, 0) is 4.74 Å². The van der Waals surface area contributed by atoms with Gasteiger partial charge in [0.15, 0.2) is 0 Å². The van der Waals surface area contributed by atoms with Crippen LogP contribution in [0.3, 0.4) is 0 Å². The fourth-order valence-corrected chi connectivity index (χ4v) is 1.47. The number of rotatable bonds is 3. The molecule has 1 aliphatic heterocycles. The van der Waals surface area contributed by atoms with Gasteiger partial charge in [-0.3, -0.25) is 0 Å². The van der Waals surface area contributed by atoms with Gasteiger partial charge in [0, 0.05) is 12.1 Å². The third-order valence-electron chi connectivity index (χ3n) is 2.13. The molecule has 1 fully saturated rings. The molecule has 0 aromatic carbocycles. The van der Waals surface area contributed by atoms with E-state index in [-0.39, 0.29) is 0 Å². The van der Waals surface area contributed by atoms with E-state index in [9.17, 15) is 0 Å². The number of hydrogen-bond acceptors (Lipinski definition) is 3. The fourth-order valence-electron chi connectivity index (χ4n) is 1.47. The first kappa shape index (κ1) is 9.96. The van der Waals surface area contributed by atoms with Gasteiger partial charge in [0.1, 0.15) is 0 Å². The second-order valence-corrected chi connectivity index (χ2v) is 3.89. The van der Waals surface area contributed by atoms with Crippen molar-refractivity contribution in [3.63, 3.8) is 0 Å². The highest BCUT2D eigenvalue weighted by Crippen LogP contribution is 2.02. The number of nitrogens with one attached hydrogen (secondary N) is 1. The van der Waals surface area contributed by atoms with Crippen LogP contribution in [-0.4, -0.2) is 50.8 Å². The zero-order valence-corrected chi connectivity index (χ0v) is 8.34. The fraction of sp³-hybridized carbons (Fsp3) is 1.00. The van der Waals surface area contributed by atoms with Gasteiger partial charge in [-0.25, -0.2) is 0 Å².